The molecule has 3 heterocycles. The fourth-order valence-corrected chi connectivity index (χ4v) is 4.97. The summed E-state index contributed by atoms with van der Waals surface area (Å²) in [7, 11) is 0. The Balaban J connectivity index is 1.47. The predicted molar refractivity (Wildman–Crippen MR) is 94.2 cm³/mol. The van der Waals surface area contributed by atoms with Crippen molar-refractivity contribution in [3.05, 3.63) is 63.8 Å². The van der Waals surface area contributed by atoms with Crippen LogP contribution in [0.4, 0.5) is 0 Å². The fraction of sp³-hybridized carbons (Fsp3) is 0.263. The van der Waals surface area contributed by atoms with Crippen LogP contribution >= 0.6 is 11.3 Å². The Kier molecular flexibility index (Phi) is 3.10. The molecule has 0 bridgehead atoms. The Morgan fingerprint density at radius 2 is 2.00 bits per heavy atom. The molecule has 4 nitrogen and oxygen atoms in total. The van der Waals surface area contributed by atoms with E-state index >= 15 is 0 Å². The third-order valence-electron chi connectivity index (χ3n) is 5.03. The van der Waals surface area contributed by atoms with Crippen molar-refractivity contribution in [1.82, 2.24) is 15.1 Å². The van der Waals surface area contributed by atoms with Crippen LogP contribution in [-0.2, 0) is 25.8 Å². The van der Waals surface area contributed by atoms with Gasteiger partial charge in [0.05, 0.1) is 11.1 Å². The number of hydrogen-bond donors (Lipinski definition) is 1. The van der Waals surface area contributed by atoms with Gasteiger partial charge in [-0.05, 0) is 35.6 Å². The number of rotatable bonds is 1. The molecule has 0 fully saturated rings. The van der Waals surface area contributed by atoms with Gasteiger partial charge in [0.15, 0.2) is 0 Å². The summed E-state index contributed by atoms with van der Waals surface area (Å²) in [5, 5.41) is 7.11. The van der Waals surface area contributed by atoms with Crippen LogP contribution in [0.25, 0.3) is 10.4 Å². The van der Waals surface area contributed by atoms with Crippen LogP contribution in [0, 0.1) is 0 Å². The quantitative estimate of drug-likeness (QED) is 0.740. The molecule has 0 radical (unpaired) electrons. The van der Waals surface area contributed by atoms with Crippen LogP contribution in [0.15, 0.2) is 36.5 Å². The third kappa shape index (κ3) is 2.12. The number of carbonyl (C=O) groups is 1. The topological polar surface area (TPSA) is 49.0 Å². The molecule has 1 amide bonds. The summed E-state index contributed by atoms with van der Waals surface area (Å²) in [6.07, 6.45) is 4.79. The van der Waals surface area contributed by atoms with E-state index in [4.69, 9.17) is 0 Å². The lowest BCUT2D eigenvalue weighted by molar-refractivity contribution is 0.0739. The molecule has 0 atom stereocenters. The van der Waals surface area contributed by atoms with E-state index in [1.54, 1.807) is 11.3 Å². The number of thiophene rings is 1. The van der Waals surface area contributed by atoms with Gasteiger partial charge >= 0.3 is 0 Å². The minimum atomic E-state index is 0.152. The molecule has 2 aliphatic rings. The molecule has 1 aromatic carbocycles. The molecular formula is C19H17N3OS. The first-order valence-corrected chi connectivity index (χ1v) is 9.12. The molecule has 24 heavy (non-hydrogen) atoms. The Labute approximate surface area is 144 Å². The van der Waals surface area contributed by atoms with Gasteiger partial charge in [0.25, 0.3) is 5.91 Å². The first-order chi connectivity index (χ1) is 11.8. The summed E-state index contributed by atoms with van der Waals surface area (Å²) < 4.78 is 0. The van der Waals surface area contributed by atoms with Crippen LogP contribution in [0.5, 0.6) is 0 Å². The number of aromatic amines is 1. The highest BCUT2D eigenvalue weighted by Gasteiger charge is 2.26. The van der Waals surface area contributed by atoms with Gasteiger partial charge in [-0.1, -0.05) is 24.3 Å². The van der Waals surface area contributed by atoms with Crippen molar-refractivity contribution in [2.45, 2.75) is 25.8 Å². The zero-order valence-corrected chi connectivity index (χ0v) is 14.0. The van der Waals surface area contributed by atoms with Crippen LogP contribution in [0.1, 0.15) is 32.1 Å². The van der Waals surface area contributed by atoms with E-state index in [1.165, 1.54) is 27.3 Å². The zero-order valence-electron chi connectivity index (χ0n) is 13.2. The molecule has 1 aliphatic heterocycles. The van der Waals surface area contributed by atoms with E-state index in [2.05, 4.69) is 40.5 Å². The number of hydrogen-bond acceptors (Lipinski definition) is 3. The van der Waals surface area contributed by atoms with E-state index in [0.717, 1.165) is 36.2 Å². The SMILES string of the molecule is O=C(c1cc2c(s1)-c1ccccc1CC2)N1CCc2[nH]ncc2C1. The van der Waals surface area contributed by atoms with Gasteiger partial charge in [-0.15, -0.1) is 11.3 Å². The summed E-state index contributed by atoms with van der Waals surface area (Å²) in [5.41, 5.74) is 6.33. The van der Waals surface area contributed by atoms with Gasteiger partial charge in [0.1, 0.15) is 0 Å². The highest BCUT2D eigenvalue weighted by Crippen LogP contribution is 2.40. The summed E-state index contributed by atoms with van der Waals surface area (Å²) in [6.45, 7) is 1.41. The summed E-state index contributed by atoms with van der Waals surface area (Å²) in [6, 6.07) is 10.7. The minimum absolute atomic E-state index is 0.152. The molecule has 120 valence electrons. The number of nitrogens with zero attached hydrogens (tertiary/aromatic N) is 2. The molecule has 0 saturated heterocycles. The summed E-state index contributed by atoms with van der Waals surface area (Å²) >= 11 is 1.65. The van der Waals surface area contributed by atoms with Crippen molar-refractivity contribution in [3.63, 3.8) is 0 Å². The molecule has 0 unspecified atom stereocenters. The van der Waals surface area contributed by atoms with Gasteiger partial charge < -0.3 is 4.90 Å². The number of fused-ring (bicyclic) bond motifs is 4. The van der Waals surface area contributed by atoms with Crippen LogP contribution < -0.4 is 0 Å². The molecule has 2 aromatic heterocycles. The lowest BCUT2D eigenvalue weighted by Gasteiger charge is -2.26. The summed E-state index contributed by atoms with van der Waals surface area (Å²) in [5.74, 6) is 0.152. The molecule has 3 aromatic rings. The number of amides is 1. The Morgan fingerprint density at radius 1 is 1.12 bits per heavy atom. The minimum Gasteiger partial charge on any atom is -0.333 e. The Hall–Kier alpha value is -2.40. The lowest BCUT2D eigenvalue weighted by Crippen LogP contribution is -2.35. The normalized spacial score (nSPS) is 15.6. The molecule has 1 aliphatic carbocycles. The van der Waals surface area contributed by atoms with Crippen LogP contribution in [0.2, 0.25) is 0 Å². The molecule has 5 heteroatoms. The second-order valence-electron chi connectivity index (χ2n) is 6.47. The number of aromatic nitrogens is 2. The highest BCUT2D eigenvalue weighted by molar-refractivity contribution is 7.17. The second-order valence-corrected chi connectivity index (χ2v) is 7.52. The number of carbonyl (C=O) groups excluding carboxylic acids is 1. The fourth-order valence-electron chi connectivity index (χ4n) is 3.73. The predicted octanol–water partition coefficient (Wildman–Crippen LogP) is 3.44. The van der Waals surface area contributed by atoms with Gasteiger partial charge in [-0.2, -0.15) is 5.10 Å². The van der Waals surface area contributed by atoms with Crippen LogP contribution in [0.3, 0.4) is 0 Å². The smallest absolute Gasteiger partial charge is 0.264 e. The van der Waals surface area contributed by atoms with Gasteiger partial charge in [0.2, 0.25) is 0 Å². The average molecular weight is 335 g/mol. The number of nitrogens with one attached hydrogen (secondary N) is 1. The number of H-pyrrole nitrogens is 1. The Morgan fingerprint density at radius 3 is 2.96 bits per heavy atom. The van der Waals surface area contributed by atoms with E-state index in [1.807, 2.05) is 11.1 Å². The third-order valence-corrected chi connectivity index (χ3v) is 6.23. The standard InChI is InChI=1S/C19H17N3OS/c23-19(22-8-7-16-14(11-22)10-20-21-16)17-9-13-6-5-12-3-1-2-4-15(12)18(13)24-17/h1-4,9-10H,5-8,11H2,(H,20,21). The average Bonchev–Trinajstić information content (AvgIpc) is 3.27. The molecular weight excluding hydrogens is 318 g/mol. The first kappa shape index (κ1) is 14.0. The maximum absolute atomic E-state index is 13.0. The highest BCUT2D eigenvalue weighted by atomic mass is 32.1. The van der Waals surface area contributed by atoms with Crippen molar-refractivity contribution >= 4 is 17.2 Å². The lowest BCUT2D eigenvalue weighted by atomic mass is 9.91. The molecule has 0 saturated carbocycles. The maximum Gasteiger partial charge on any atom is 0.264 e. The first-order valence-electron chi connectivity index (χ1n) is 8.31. The van der Waals surface area contributed by atoms with Gasteiger partial charge in [0, 0.05) is 35.6 Å². The maximum atomic E-state index is 13.0. The van der Waals surface area contributed by atoms with Crippen molar-refractivity contribution < 1.29 is 4.79 Å². The number of benzene rings is 1. The molecule has 0 spiro atoms. The van der Waals surface area contributed by atoms with Gasteiger partial charge in [-0.25, -0.2) is 0 Å². The van der Waals surface area contributed by atoms with E-state index in [9.17, 15) is 4.79 Å². The van der Waals surface area contributed by atoms with Crippen molar-refractivity contribution in [1.29, 1.82) is 0 Å². The van der Waals surface area contributed by atoms with E-state index < -0.39 is 0 Å². The van der Waals surface area contributed by atoms with E-state index in [0.29, 0.717) is 6.54 Å². The largest absolute Gasteiger partial charge is 0.333 e. The van der Waals surface area contributed by atoms with Crippen molar-refractivity contribution in [2.75, 3.05) is 6.54 Å². The van der Waals surface area contributed by atoms with Crippen molar-refractivity contribution in [2.24, 2.45) is 0 Å². The number of aryl methyl sites for hydroxylation is 2. The van der Waals surface area contributed by atoms with Crippen LogP contribution in [-0.4, -0.2) is 27.5 Å². The summed E-state index contributed by atoms with van der Waals surface area (Å²) in [4.78, 5) is 17.1. The molecule has 5 rings (SSSR count). The molecule has 1 N–H and O–H groups in total. The Bertz CT molecular complexity index is 940. The van der Waals surface area contributed by atoms with Crippen molar-refractivity contribution in [3.8, 4) is 10.4 Å². The van der Waals surface area contributed by atoms with Gasteiger partial charge in [-0.3, -0.25) is 9.89 Å². The zero-order chi connectivity index (χ0) is 16.1. The second kappa shape index (κ2) is 5.31. The monoisotopic (exact) mass is 335 g/mol. The van der Waals surface area contributed by atoms with E-state index in [-0.39, 0.29) is 5.91 Å².